The molecule has 5 atom stereocenters. The molecule has 1 aromatic carbocycles. The van der Waals surface area contributed by atoms with Gasteiger partial charge in [-0.25, -0.2) is 0 Å². The van der Waals surface area contributed by atoms with Gasteiger partial charge < -0.3 is 5.32 Å². The number of nitrogens with one attached hydrogen (secondary N) is 1. The molecule has 0 spiro atoms. The molecule has 5 unspecified atom stereocenters. The third-order valence-electron chi connectivity index (χ3n) is 5.95. The maximum absolute atomic E-state index is 3.85. The highest BCUT2D eigenvalue weighted by Crippen LogP contribution is 2.59. The van der Waals surface area contributed by atoms with Crippen molar-refractivity contribution in [3.05, 3.63) is 27.3 Å². The van der Waals surface area contributed by atoms with Crippen LogP contribution in [0, 0.1) is 34.2 Å². The molecule has 3 aliphatic rings. The second-order valence-corrected chi connectivity index (χ2v) is 8.03. The number of aryl methyl sites for hydroxylation is 1. The molecule has 4 rings (SSSR count). The fraction of sp³-hybridized carbons (Fsp3) is 0.647. The molecule has 2 bridgehead atoms. The van der Waals surface area contributed by atoms with E-state index in [0.29, 0.717) is 0 Å². The largest absolute Gasteiger partial charge is 0.382 e. The van der Waals surface area contributed by atoms with Gasteiger partial charge in [-0.15, -0.1) is 0 Å². The minimum Gasteiger partial charge on any atom is -0.382 e. The van der Waals surface area contributed by atoms with Crippen LogP contribution in [0.4, 0.5) is 5.69 Å². The number of rotatable bonds is 2. The molecular formula is C17H22IN. The van der Waals surface area contributed by atoms with Crippen molar-refractivity contribution in [1.29, 1.82) is 0 Å². The SMILES string of the molecule is Cc1ccc(NC2CC3CC2C2CCCC32)cc1I. The number of halogens is 1. The molecule has 1 aromatic rings. The summed E-state index contributed by atoms with van der Waals surface area (Å²) in [5.41, 5.74) is 2.72. The second-order valence-electron chi connectivity index (χ2n) is 6.87. The van der Waals surface area contributed by atoms with E-state index in [2.05, 4.69) is 53.0 Å². The van der Waals surface area contributed by atoms with Gasteiger partial charge >= 0.3 is 0 Å². The standard InChI is InChI=1S/C17H22IN/c1-10-5-6-12(9-16(10)18)19-17-8-11-7-15(17)14-4-2-3-13(11)14/h5-6,9,11,13-15,17,19H,2-4,7-8H2,1H3. The van der Waals surface area contributed by atoms with Crippen molar-refractivity contribution in [3.63, 3.8) is 0 Å². The molecule has 0 amide bonds. The molecule has 0 radical (unpaired) electrons. The maximum Gasteiger partial charge on any atom is 0.0353 e. The van der Waals surface area contributed by atoms with Gasteiger partial charge in [0.25, 0.3) is 0 Å². The third-order valence-corrected chi connectivity index (χ3v) is 7.11. The van der Waals surface area contributed by atoms with Crippen LogP contribution in [-0.2, 0) is 0 Å². The lowest BCUT2D eigenvalue weighted by Gasteiger charge is -2.32. The van der Waals surface area contributed by atoms with Crippen LogP contribution in [-0.4, -0.2) is 6.04 Å². The summed E-state index contributed by atoms with van der Waals surface area (Å²) < 4.78 is 1.38. The van der Waals surface area contributed by atoms with E-state index in [0.717, 1.165) is 29.7 Å². The monoisotopic (exact) mass is 367 g/mol. The molecule has 19 heavy (non-hydrogen) atoms. The first-order valence-corrected chi connectivity index (χ1v) is 8.83. The van der Waals surface area contributed by atoms with Gasteiger partial charge in [0, 0.05) is 15.3 Å². The van der Waals surface area contributed by atoms with E-state index >= 15 is 0 Å². The molecule has 3 saturated carbocycles. The number of hydrogen-bond donors (Lipinski definition) is 1. The van der Waals surface area contributed by atoms with Crippen molar-refractivity contribution in [1.82, 2.24) is 0 Å². The van der Waals surface area contributed by atoms with Crippen LogP contribution < -0.4 is 5.32 Å². The van der Waals surface area contributed by atoms with Gasteiger partial charge in [-0.1, -0.05) is 12.5 Å². The normalized spacial score (nSPS) is 39.6. The first-order chi connectivity index (χ1) is 9.22. The van der Waals surface area contributed by atoms with Gasteiger partial charge in [0.15, 0.2) is 0 Å². The van der Waals surface area contributed by atoms with Crippen molar-refractivity contribution in [2.45, 2.75) is 45.1 Å². The van der Waals surface area contributed by atoms with Crippen molar-refractivity contribution >= 4 is 28.3 Å². The Morgan fingerprint density at radius 2 is 1.95 bits per heavy atom. The van der Waals surface area contributed by atoms with Gasteiger partial charge in [-0.3, -0.25) is 0 Å². The summed E-state index contributed by atoms with van der Waals surface area (Å²) >= 11 is 2.44. The van der Waals surface area contributed by atoms with E-state index in [4.69, 9.17) is 0 Å². The van der Waals surface area contributed by atoms with Gasteiger partial charge in [0.05, 0.1) is 0 Å². The minimum absolute atomic E-state index is 0.753. The van der Waals surface area contributed by atoms with Crippen molar-refractivity contribution in [2.24, 2.45) is 23.7 Å². The Bertz CT molecular complexity index is 498. The Morgan fingerprint density at radius 3 is 2.79 bits per heavy atom. The van der Waals surface area contributed by atoms with Crippen molar-refractivity contribution < 1.29 is 0 Å². The number of anilines is 1. The van der Waals surface area contributed by atoms with E-state index in [1.807, 2.05) is 0 Å². The van der Waals surface area contributed by atoms with Crippen LogP contribution in [0.2, 0.25) is 0 Å². The number of hydrogen-bond acceptors (Lipinski definition) is 1. The van der Waals surface area contributed by atoms with Crippen LogP contribution in [0.3, 0.4) is 0 Å². The second kappa shape index (κ2) is 4.64. The highest BCUT2D eigenvalue weighted by molar-refractivity contribution is 14.1. The van der Waals surface area contributed by atoms with E-state index in [1.165, 1.54) is 46.9 Å². The number of fused-ring (bicyclic) bond motifs is 5. The zero-order chi connectivity index (χ0) is 13.0. The Balaban J connectivity index is 1.51. The molecule has 0 heterocycles. The van der Waals surface area contributed by atoms with E-state index < -0.39 is 0 Å². The quantitative estimate of drug-likeness (QED) is 0.738. The van der Waals surface area contributed by atoms with Crippen molar-refractivity contribution in [2.75, 3.05) is 5.32 Å². The summed E-state index contributed by atoms with van der Waals surface area (Å²) in [6, 6.07) is 7.57. The fourth-order valence-corrected chi connectivity index (χ4v) is 5.65. The van der Waals surface area contributed by atoms with Gasteiger partial charge in [0.2, 0.25) is 0 Å². The van der Waals surface area contributed by atoms with Crippen LogP contribution >= 0.6 is 22.6 Å². The molecule has 2 heteroatoms. The van der Waals surface area contributed by atoms with Crippen LogP contribution in [0.1, 0.15) is 37.7 Å². The van der Waals surface area contributed by atoms with Gasteiger partial charge in [-0.05, 0) is 96.6 Å². The Morgan fingerprint density at radius 1 is 1.11 bits per heavy atom. The molecule has 102 valence electrons. The Kier molecular flexibility index (Phi) is 3.05. The first kappa shape index (κ1) is 12.5. The predicted molar refractivity (Wildman–Crippen MR) is 88.4 cm³/mol. The average Bonchev–Trinajstić information content (AvgIpc) is 3.05. The van der Waals surface area contributed by atoms with E-state index in [9.17, 15) is 0 Å². The lowest BCUT2D eigenvalue weighted by atomic mass is 9.79. The number of benzene rings is 1. The minimum atomic E-state index is 0.753. The summed E-state index contributed by atoms with van der Waals surface area (Å²) in [6.07, 6.45) is 7.47. The van der Waals surface area contributed by atoms with Gasteiger partial charge in [0.1, 0.15) is 0 Å². The zero-order valence-corrected chi connectivity index (χ0v) is 13.7. The Hall–Kier alpha value is -0.250. The molecule has 3 aliphatic carbocycles. The van der Waals surface area contributed by atoms with Crippen molar-refractivity contribution in [3.8, 4) is 0 Å². The highest BCUT2D eigenvalue weighted by Gasteiger charge is 2.53. The first-order valence-electron chi connectivity index (χ1n) is 7.75. The Labute approximate surface area is 129 Å². The molecule has 0 aromatic heterocycles. The van der Waals surface area contributed by atoms with Crippen LogP contribution in [0.5, 0.6) is 0 Å². The molecule has 0 saturated heterocycles. The molecule has 1 N–H and O–H groups in total. The molecule has 3 fully saturated rings. The summed E-state index contributed by atoms with van der Waals surface area (Å²) in [7, 11) is 0. The molecule has 1 nitrogen and oxygen atoms in total. The zero-order valence-electron chi connectivity index (χ0n) is 11.5. The topological polar surface area (TPSA) is 12.0 Å². The van der Waals surface area contributed by atoms with Gasteiger partial charge in [-0.2, -0.15) is 0 Å². The maximum atomic E-state index is 3.85. The van der Waals surface area contributed by atoms with E-state index in [1.54, 1.807) is 0 Å². The summed E-state index contributed by atoms with van der Waals surface area (Å²) in [4.78, 5) is 0. The lowest BCUT2D eigenvalue weighted by Crippen LogP contribution is -2.33. The average molecular weight is 367 g/mol. The van der Waals surface area contributed by atoms with E-state index in [-0.39, 0.29) is 0 Å². The summed E-state index contributed by atoms with van der Waals surface area (Å²) in [6.45, 7) is 2.19. The molecule has 0 aliphatic heterocycles. The summed E-state index contributed by atoms with van der Waals surface area (Å²) in [5.74, 6) is 4.16. The molecular weight excluding hydrogens is 345 g/mol. The summed E-state index contributed by atoms with van der Waals surface area (Å²) in [5, 5.41) is 3.85. The van der Waals surface area contributed by atoms with Crippen LogP contribution in [0.15, 0.2) is 18.2 Å². The fourth-order valence-electron chi connectivity index (χ4n) is 5.13. The predicted octanol–water partition coefficient (Wildman–Crippen LogP) is 4.84. The highest BCUT2D eigenvalue weighted by atomic mass is 127. The smallest absolute Gasteiger partial charge is 0.0353 e. The van der Waals surface area contributed by atoms with Crippen LogP contribution in [0.25, 0.3) is 0 Å². The lowest BCUT2D eigenvalue weighted by molar-refractivity contribution is 0.243. The third kappa shape index (κ3) is 2.01.